The standard InChI is InChI=1S/C15H15NO2S/c1-19-9-11-4-2-3-5-12(11)14(17)13-8-16-18-15(13)10-6-7-10/h2-5,8,10H,6-7,9H2,1H3. The fourth-order valence-electron chi connectivity index (χ4n) is 2.23. The van der Waals surface area contributed by atoms with Crippen LogP contribution in [0.1, 0.15) is 46.0 Å². The van der Waals surface area contributed by atoms with Crippen LogP contribution in [0.3, 0.4) is 0 Å². The highest BCUT2D eigenvalue weighted by Crippen LogP contribution is 2.42. The van der Waals surface area contributed by atoms with Crippen molar-refractivity contribution in [1.82, 2.24) is 5.16 Å². The van der Waals surface area contributed by atoms with E-state index in [1.165, 1.54) is 0 Å². The van der Waals surface area contributed by atoms with Crippen LogP contribution in [0.5, 0.6) is 0 Å². The molecule has 0 unspecified atom stereocenters. The molecular formula is C15H15NO2S. The van der Waals surface area contributed by atoms with Gasteiger partial charge < -0.3 is 4.52 Å². The van der Waals surface area contributed by atoms with E-state index in [0.717, 1.165) is 35.5 Å². The lowest BCUT2D eigenvalue weighted by Gasteiger charge is -2.06. The van der Waals surface area contributed by atoms with E-state index in [1.807, 2.05) is 30.5 Å². The molecule has 1 aliphatic rings. The lowest BCUT2D eigenvalue weighted by atomic mass is 9.99. The number of carbonyl (C=O) groups is 1. The minimum Gasteiger partial charge on any atom is -0.360 e. The number of carbonyl (C=O) groups excluding carboxylic acids is 1. The first-order chi connectivity index (χ1) is 9.31. The SMILES string of the molecule is CSCc1ccccc1C(=O)c1cnoc1C1CC1. The summed E-state index contributed by atoms with van der Waals surface area (Å²) in [6.07, 6.45) is 5.80. The van der Waals surface area contributed by atoms with Crippen molar-refractivity contribution >= 4 is 17.5 Å². The fraction of sp³-hybridized carbons (Fsp3) is 0.333. The number of rotatable bonds is 5. The Morgan fingerprint density at radius 2 is 2.16 bits per heavy atom. The normalized spacial score (nSPS) is 14.6. The largest absolute Gasteiger partial charge is 0.360 e. The molecule has 0 spiro atoms. The Morgan fingerprint density at radius 3 is 2.89 bits per heavy atom. The predicted octanol–water partition coefficient (Wildman–Crippen LogP) is 3.65. The molecule has 98 valence electrons. The Morgan fingerprint density at radius 1 is 1.37 bits per heavy atom. The van der Waals surface area contributed by atoms with Crippen molar-refractivity contribution in [2.24, 2.45) is 0 Å². The van der Waals surface area contributed by atoms with E-state index >= 15 is 0 Å². The number of thioether (sulfide) groups is 1. The van der Waals surface area contributed by atoms with E-state index in [4.69, 9.17) is 4.52 Å². The lowest BCUT2D eigenvalue weighted by molar-refractivity contribution is 0.103. The van der Waals surface area contributed by atoms with Gasteiger partial charge in [0, 0.05) is 17.2 Å². The van der Waals surface area contributed by atoms with E-state index in [9.17, 15) is 4.79 Å². The Bertz CT molecular complexity index is 602. The average Bonchev–Trinajstić information content (AvgIpc) is 3.16. The number of aromatic nitrogens is 1. The number of nitrogens with zero attached hydrogens (tertiary/aromatic N) is 1. The van der Waals surface area contributed by atoms with Crippen LogP contribution in [-0.2, 0) is 5.75 Å². The van der Waals surface area contributed by atoms with Crippen molar-refractivity contribution in [3.05, 3.63) is 52.9 Å². The molecule has 1 saturated carbocycles. The molecule has 0 N–H and O–H groups in total. The zero-order chi connectivity index (χ0) is 13.2. The molecule has 0 radical (unpaired) electrons. The molecule has 1 aliphatic carbocycles. The second kappa shape index (κ2) is 5.21. The quantitative estimate of drug-likeness (QED) is 0.780. The minimum absolute atomic E-state index is 0.0350. The summed E-state index contributed by atoms with van der Waals surface area (Å²) in [7, 11) is 0. The first-order valence-corrected chi connectivity index (χ1v) is 7.76. The zero-order valence-corrected chi connectivity index (χ0v) is 11.6. The van der Waals surface area contributed by atoms with Gasteiger partial charge in [0.05, 0.1) is 11.8 Å². The molecule has 1 aromatic carbocycles. The van der Waals surface area contributed by atoms with Gasteiger partial charge in [-0.1, -0.05) is 29.4 Å². The maximum Gasteiger partial charge on any atom is 0.198 e. The molecule has 0 aliphatic heterocycles. The lowest BCUT2D eigenvalue weighted by Crippen LogP contribution is -2.06. The average molecular weight is 273 g/mol. The van der Waals surface area contributed by atoms with Crippen molar-refractivity contribution in [3.8, 4) is 0 Å². The van der Waals surface area contributed by atoms with E-state index < -0.39 is 0 Å². The van der Waals surface area contributed by atoms with Gasteiger partial charge in [0.2, 0.25) is 0 Å². The number of ketones is 1. The second-order valence-corrected chi connectivity index (χ2v) is 5.66. The Hall–Kier alpha value is -1.55. The molecule has 19 heavy (non-hydrogen) atoms. The molecular weight excluding hydrogens is 258 g/mol. The molecule has 3 rings (SSSR count). The highest BCUT2D eigenvalue weighted by Gasteiger charge is 2.32. The van der Waals surface area contributed by atoms with E-state index in [1.54, 1.807) is 18.0 Å². The summed E-state index contributed by atoms with van der Waals surface area (Å²) >= 11 is 1.72. The zero-order valence-electron chi connectivity index (χ0n) is 10.8. The van der Waals surface area contributed by atoms with Crippen molar-refractivity contribution in [2.45, 2.75) is 24.5 Å². The monoisotopic (exact) mass is 273 g/mol. The summed E-state index contributed by atoms with van der Waals surface area (Å²) < 4.78 is 5.25. The Labute approximate surface area is 116 Å². The third kappa shape index (κ3) is 2.45. The van der Waals surface area contributed by atoms with Crippen molar-refractivity contribution in [1.29, 1.82) is 0 Å². The van der Waals surface area contributed by atoms with Crippen LogP contribution in [0.2, 0.25) is 0 Å². The Balaban J connectivity index is 1.97. The fourth-order valence-corrected chi connectivity index (χ4v) is 2.79. The van der Waals surface area contributed by atoms with Gasteiger partial charge in [0.25, 0.3) is 0 Å². The molecule has 0 saturated heterocycles. The highest BCUT2D eigenvalue weighted by molar-refractivity contribution is 7.97. The van der Waals surface area contributed by atoms with Gasteiger partial charge in [-0.25, -0.2) is 0 Å². The van der Waals surface area contributed by atoms with Crippen LogP contribution < -0.4 is 0 Å². The maximum absolute atomic E-state index is 12.6. The predicted molar refractivity (Wildman–Crippen MR) is 75.6 cm³/mol. The summed E-state index contributed by atoms with van der Waals surface area (Å²) in [6, 6.07) is 7.77. The van der Waals surface area contributed by atoms with Crippen LogP contribution in [0, 0.1) is 0 Å². The van der Waals surface area contributed by atoms with Crippen molar-refractivity contribution in [2.75, 3.05) is 6.26 Å². The topological polar surface area (TPSA) is 43.1 Å². The summed E-state index contributed by atoms with van der Waals surface area (Å²) in [4.78, 5) is 12.6. The number of benzene rings is 1. The van der Waals surface area contributed by atoms with E-state index in [0.29, 0.717) is 11.5 Å². The molecule has 0 bridgehead atoms. The first-order valence-electron chi connectivity index (χ1n) is 6.37. The number of hydrogen-bond donors (Lipinski definition) is 0. The van der Waals surface area contributed by atoms with Crippen LogP contribution in [0.15, 0.2) is 35.0 Å². The molecule has 0 atom stereocenters. The van der Waals surface area contributed by atoms with Gasteiger partial charge in [-0.15, -0.1) is 0 Å². The summed E-state index contributed by atoms with van der Waals surface area (Å²) in [5.41, 5.74) is 2.47. The van der Waals surface area contributed by atoms with Crippen LogP contribution >= 0.6 is 11.8 Å². The molecule has 1 aromatic heterocycles. The van der Waals surface area contributed by atoms with Gasteiger partial charge in [-0.2, -0.15) is 11.8 Å². The molecule has 1 fully saturated rings. The molecule has 0 amide bonds. The van der Waals surface area contributed by atoms with Crippen LogP contribution in [0.25, 0.3) is 0 Å². The molecule has 3 nitrogen and oxygen atoms in total. The second-order valence-electron chi connectivity index (χ2n) is 4.80. The van der Waals surface area contributed by atoms with Crippen LogP contribution in [0.4, 0.5) is 0 Å². The van der Waals surface area contributed by atoms with Gasteiger partial charge >= 0.3 is 0 Å². The number of hydrogen-bond acceptors (Lipinski definition) is 4. The van der Waals surface area contributed by atoms with E-state index in [-0.39, 0.29) is 5.78 Å². The van der Waals surface area contributed by atoms with Gasteiger partial charge in [0.15, 0.2) is 11.5 Å². The summed E-state index contributed by atoms with van der Waals surface area (Å²) in [5.74, 6) is 2.04. The molecule has 4 heteroatoms. The van der Waals surface area contributed by atoms with Crippen molar-refractivity contribution in [3.63, 3.8) is 0 Å². The highest BCUT2D eigenvalue weighted by atomic mass is 32.2. The van der Waals surface area contributed by atoms with Crippen LogP contribution in [-0.4, -0.2) is 17.2 Å². The van der Waals surface area contributed by atoms with Gasteiger partial charge in [-0.05, 0) is 24.7 Å². The Kier molecular flexibility index (Phi) is 3.42. The van der Waals surface area contributed by atoms with E-state index in [2.05, 4.69) is 5.16 Å². The third-order valence-electron chi connectivity index (χ3n) is 3.35. The molecule has 1 heterocycles. The first kappa shape index (κ1) is 12.5. The molecule has 2 aromatic rings. The van der Waals surface area contributed by atoms with Gasteiger partial charge in [0.1, 0.15) is 0 Å². The third-order valence-corrected chi connectivity index (χ3v) is 3.95. The summed E-state index contributed by atoms with van der Waals surface area (Å²) in [5, 5.41) is 3.80. The smallest absolute Gasteiger partial charge is 0.198 e. The maximum atomic E-state index is 12.6. The van der Waals surface area contributed by atoms with Crippen molar-refractivity contribution < 1.29 is 9.32 Å². The minimum atomic E-state index is 0.0350. The van der Waals surface area contributed by atoms with Gasteiger partial charge in [-0.3, -0.25) is 4.79 Å². The summed E-state index contributed by atoms with van der Waals surface area (Å²) in [6.45, 7) is 0.